The van der Waals surface area contributed by atoms with Gasteiger partial charge in [0.1, 0.15) is 29.2 Å². The number of rotatable bonds is 8. The number of anilines is 1. The van der Waals surface area contributed by atoms with Crippen molar-refractivity contribution < 1.29 is 53.9 Å². The molecule has 2 aromatic heterocycles. The first-order chi connectivity index (χ1) is 15.8. The zero-order valence-electron chi connectivity index (χ0n) is 18.1. The van der Waals surface area contributed by atoms with Gasteiger partial charge in [0.2, 0.25) is 0 Å². The summed E-state index contributed by atoms with van der Waals surface area (Å²) in [5, 5.41) is 28.1. The first-order valence-corrected chi connectivity index (χ1v) is 13.0. The van der Waals surface area contributed by atoms with Crippen molar-refractivity contribution in [3.05, 3.63) is 27.4 Å². The fourth-order valence-electron chi connectivity index (χ4n) is 3.17. The Hall–Kier alpha value is -1.69. The fraction of sp³-hybridized carbons (Fsp3) is 0.353. The van der Waals surface area contributed by atoms with Gasteiger partial charge in [-0.1, -0.05) is 28.3 Å². The molecule has 4 rings (SSSR count). The van der Waals surface area contributed by atoms with Crippen molar-refractivity contribution in [1.82, 2.24) is 25.4 Å². The summed E-state index contributed by atoms with van der Waals surface area (Å²) >= 11 is 5.23. The molecule has 0 aromatic carbocycles. The Morgan fingerprint density at radius 2 is 2.21 bits per heavy atom. The Kier molecular flexibility index (Phi) is 8.99. The number of β-lactam (4-membered cyclic amide) rings is 1. The number of nitrogens with zero attached hydrogens (tertiary/aromatic N) is 5. The number of aromatic nitrogens is 3. The smallest absolute Gasteiger partial charge is 0.543 e. The van der Waals surface area contributed by atoms with E-state index in [1.165, 1.54) is 47.4 Å². The minimum Gasteiger partial charge on any atom is -0.543 e. The average Bonchev–Trinajstić information content (AvgIpc) is 3.40. The molecule has 4 heterocycles. The SMILES string of the molecule is CON=C(C(=O)NC1C(=O)N2C(C(=O)[O-])=C(CSc3nnc(C)s3)CS[C@H]12)c1csc(N)n1.[Na+]. The summed E-state index contributed by atoms with van der Waals surface area (Å²) in [6, 6.07) is -0.935. The number of carboxylic acids is 1. The summed E-state index contributed by atoms with van der Waals surface area (Å²) in [5.41, 5.74) is 6.07. The number of hydrogen-bond acceptors (Lipinski definition) is 14. The van der Waals surface area contributed by atoms with Crippen LogP contribution in [0, 0.1) is 6.92 Å². The second kappa shape index (κ2) is 11.4. The molecular formula is C17H16N7NaO5S4. The van der Waals surface area contributed by atoms with Crippen LogP contribution in [-0.4, -0.2) is 73.6 Å². The molecule has 2 aliphatic heterocycles. The summed E-state index contributed by atoms with van der Waals surface area (Å²) in [5.74, 6) is -2.00. The molecule has 0 saturated carbocycles. The van der Waals surface area contributed by atoms with Gasteiger partial charge in [-0.15, -0.1) is 33.3 Å². The van der Waals surface area contributed by atoms with Crippen molar-refractivity contribution >= 4 is 74.8 Å². The van der Waals surface area contributed by atoms with E-state index in [9.17, 15) is 19.5 Å². The van der Waals surface area contributed by atoms with Gasteiger partial charge < -0.3 is 25.8 Å². The molecule has 12 nitrogen and oxygen atoms in total. The van der Waals surface area contributed by atoms with E-state index in [1.807, 2.05) is 6.92 Å². The summed E-state index contributed by atoms with van der Waals surface area (Å²) in [4.78, 5) is 47.4. The molecule has 0 radical (unpaired) electrons. The van der Waals surface area contributed by atoms with Crippen LogP contribution in [0.25, 0.3) is 0 Å². The molecule has 1 fully saturated rings. The number of thioether (sulfide) groups is 2. The Balaban J connectivity index is 0.00000324. The van der Waals surface area contributed by atoms with E-state index in [0.717, 1.165) is 21.2 Å². The van der Waals surface area contributed by atoms with Crippen molar-refractivity contribution in [2.45, 2.75) is 22.7 Å². The Bertz CT molecular complexity index is 1180. The molecule has 2 atom stereocenters. The largest absolute Gasteiger partial charge is 1.00 e. The predicted octanol–water partition coefficient (Wildman–Crippen LogP) is -3.56. The maximum absolute atomic E-state index is 12.8. The van der Waals surface area contributed by atoms with E-state index in [1.54, 1.807) is 0 Å². The maximum atomic E-state index is 12.8. The number of nitrogens with two attached hydrogens (primary N) is 1. The summed E-state index contributed by atoms with van der Waals surface area (Å²) < 4.78 is 0.706. The van der Waals surface area contributed by atoms with Gasteiger partial charge in [0.05, 0.1) is 11.7 Å². The van der Waals surface area contributed by atoms with Crippen LogP contribution >= 0.6 is 46.2 Å². The van der Waals surface area contributed by atoms with Gasteiger partial charge in [0, 0.05) is 16.9 Å². The molecular weight excluding hydrogens is 533 g/mol. The molecule has 174 valence electrons. The van der Waals surface area contributed by atoms with Crippen LogP contribution in [0.5, 0.6) is 0 Å². The van der Waals surface area contributed by atoms with E-state index in [2.05, 4.69) is 25.7 Å². The molecule has 2 aliphatic rings. The van der Waals surface area contributed by atoms with Gasteiger partial charge in [0.15, 0.2) is 15.2 Å². The van der Waals surface area contributed by atoms with Gasteiger partial charge in [0.25, 0.3) is 11.8 Å². The third-order valence-electron chi connectivity index (χ3n) is 4.57. The van der Waals surface area contributed by atoms with E-state index in [4.69, 9.17) is 10.6 Å². The van der Waals surface area contributed by atoms with Crippen LogP contribution in [0.4, 0.5) is 5.13 Å². The van der Waals surface area contributed by atoms with E-state index >= 15 is 0 Å². The number of aliphatic carboxylic acids is 1. The molecule has 0 spiro atoms. The molecule has 17 heteroatoms. The van der Waals surface area contributed by atoms with E-state index in [-0.39, 0.29) is 51.8 Å². The zero-order chi connectivity index (χ0) is 23.7. The number of carbonyl (C=O) groups is 3. The third kappa shape index (κ3) is 5.42. The third-order valence-corrected chi connectivity index (χ3v) is 8.64. The number of nitrogens with one attached hydrogen (secondary N) is 1. The van der Waals surface area contributed by atoms with E-state index in [0.29, 0.717) is 21.4 Å². The normalized spacial score (nSPS) is 19.8. The number of oxime groups is 1. The minimum absolute atomic E-state index is 0. The summed E-state index contributed by atoms with van der Waals surface area (Å²) in [7, 11) is 1.27. The van der Waals surface area contributed by atoms with E-state index < -0.39 is 29.2 Å². The number of hydrogen-bond donors (Lipinski definition) is 2. The van der Waals surface area contributed by atoms with Crippen LogP contribution in [0.15, 0.2) is 26.1 Å². The minimum atomic E-state index is -1.44. The van der Waals surface area contributed by atoms with Crippen molar-refractivity contribution in [2.75, 3.05) is 24.3 Å². The number of fused-ring (bicyclic) bond motifs is 1. The van der Waals surface area contributed by atoms with Crippen molar-refractivity contribution in [3.63, 3.8) is 0 Å². The molecule has 1 saturated heterocycles. The quantitative estimate of drug-likeness (QED) is 0.110. The number of carbonyl (C=O) groups excluding carboxylic acids is 3. The molecule has 0 aliphatic carbocycles. The van der Waals surface area contributed by atoms with Crippen LogP contribution in [0.1, 0.15) is 10.7 Å². The topological polar surface area (TPSA) is 176 Å². The molecule has 34 heavy (non-hydrogen) atoms. The van der Waals surface area contributed by atoms with Gasteiger partial charge >= 0.3 is 29.6 Å². The molecule has 3 N–H and O–H groups in total. The number of aryl methyl sites for hydroxylation is 1. The van der Waals surface area contributed by atoms with Crippen LogP contribution in [0.3, 0.4) is 0 Å². The number of amides is 2. The van der Waals surface area contributed by atoms with Crippen molar-refractivity contribution in [1.29, 1.82) is 0 Å². The van der Waals surface area contributed by atoms with Gasteiger partial charge in [-0.2, -0.15) is 0 Å². The Labute approximate surface area is 232 Å². The molecule has 2 amide bonds. The molecule has 2 aromatic rings. The Morgan fingerprint density at radius 1 is 1.44 bits per heavy atom. The zero-order valence-corrected chi connectivity index (χ0v) is 23.4. The van der Waals surface area contributed by atoms with Crippen LogP contribution in [-0.2, 0) is 19.2 Å². The second-order valence-electron chi connectivity index (χ2n) is 6.67. The number of carboxylic acid groups (broad SMARTS) is 1. The fourth-order valence-corrected chi connectivity index (χ4v) is 7.02. The summed E-state index contributed by atoms with van der Waals surface area (Å²) in [6.45, 7) is 1.83. The van der Waals surface area contributed by atoms with Gasteiger partial charge in [-0.25, -0.2) is 4.98 Å². The monoisotopic (exact) mass is 549 g/mol. The molecule has 0 bridgehead atoms. The summed E-state index contributed by atoms with van der Waals surface area (Å²) in [6.07, 6.45) is 0. The first kappa shape index (κ1) is 26.9. The Morgan fingerprint density at radius 3 is 2.79 bits per heavy atom. The van der Waals surface area contributed by atoms with Gasteiger partial charge in [-0.3, -0.25) is 14.5 Å². The predicted molar refractivity (Wildman–Crippen MR) is 122 cm³/mol. The average molecular weight is 550 g/mol. The second-order valence-corrected chi connectivity index (χ2v) is 11.1. The number of thiazole rings is 1. The first-order valence-electron chi connectivity index (χ1n) is 9.24. The van der Waals surface area contributed by atoms with Crippen molar-refractivity contribution in [2.24, 2.45) is 5.16 Å². The van der Waals surface area contributed by atoms with Gasteiger partial charge in [-0.05, 0) is 12.5 Å². The number of nitrogen functional groups attached to an aromatic ring is 1. The standard InChI is InChI=1S/C17H17N7O5S4.Na/c1-6-21-22-17(33-6)32-4-7-3-30-14-10(13(26)24(14)11(7)15(27)28)20-12(25)9(23-29-2)8-5-31-16(18)19-8;/h5,10,14H,3-4H2,1-2H3,(H2,18,19)(H,20,25)(H,27,28);/q;+1/p-1/t10?,14-;/m1./s1. The van der Waals surface area contributed by atoms with Crippen LogP contribution < -0.4 is 45.7 Å². The maximum Gasteiger partial charge on any atom is 1.00 e. The van der Waals surface area contributed by atoms with Crippen molar-refractivity contribution in [3.8, 4) is 0 Å². The van der Waals surface area contributed by atoms with Crippen LogP contribution in [0.2, 0.25) is 0 Å². The molecule has 1 unspecified atom stereocenters.